The number of hydrogen-bond acceptors (Lipinski definition) is 24. The van der Waals surface area contributed by atoms with Gasteiger partial charge >= 0.3 is 116 Å². The van der Waals surface area contributed by atoms with Crippen molar-refractivity contribution in [2.24, 2.45) is 0 Å². The number of allylic oxidation sites excluding steroid dienone is 8. The summed E-state index contributed by atoms with van der Waals surface area (Å²) in [5, 5.41) is 0. The van der Waals surface area contributed by atoms with Gasteiger partial charge in [0, 0.05) is 74.0 Å². The van der Waals surface area contributed by atoms with Crippen molar-refractivity contribution >= 4 is 116 Å². The molecule has 0 radical (unpaired) electrons. The maximum atomic E-state index is 12.4. The number of hydrogen-bond donors (Lipinski definition) is 0. The topological polar surface area (TPSA) is 284 Å². The molecule has 0 aliphatic carbocycles. The third kappa shape index (κ3) is 56.3. The molecule has 800 valence electrons. The minimum absolute atomic E-state index is 0.136. The molecular formula is C108H192O24Si8. The van der Waals surface area contributed by atoms with Crippen LogP contribution in [0.4, 0.5) is 0 Å². The average Bonchev–Trinajstić information content (AvgIpc) is 0.685. The highest BCUT2D eigenvalue weighted by atomic mass is 28.6. The first-order chi connectivity index (χ1) is 68.1. The molecule has 6 saturated heterocycles. The van der Waals surface area contributed by atoms with E-state index in [1.165, 1.54) is 0 Å². The molecule has 0 atom stereocenters. The average molecular weight is 2100 g/mol. The fourth-order valence-corrected chi connectivity index (χ4v) is 80.7. The van der Waals surface area contributed by atoms with Crippen LogP contribution in [0.15, 0.2) is 94.2 Å². The lowest BCUT2D eigenvalue weighted by Gasteiger charge is -2.63. The van der Waals surface area contributed by atoms with Gasteiger partial charge < -0.3 is 70.8 Å². The number of rotatable bonds is 88. The summed E-state index contributed by atoms with van der Waals surface area (Å²) in [7, 11) is -32.0. The highest BCUT2D eigenvalue weighted by molar-refractivity contribution is 7.17. The van der Waals surface area contributed by atoms with Crippen LogP contribution in [0.3, 0.4) is 0 Å². The summed E-state index contributed by atoms with van der Waals surface area (Å²) >= 11 is 0. The van der Waals surface area contributed by atoms with E-state index in [2.05, 4.69) is 94.2 Å². The minimum Gasteiger partial charge on any atom is -0.466 e. The zero-order valence-electron chi connectivity index (χ0n) is 88.8. The summed E-state index contributed by atoms with van der Waals surface area (Å²) in [4.78, 5) is 99.1. The molecule has 0 aromatic rings. The Kier molecular flexibility index (Phi) is 69.5. The zero-order valence-corrected chi connectivity index (χ0v) is 96.8. The Balaban J connectivity index is 1.89. The van der Waals surface area contributed by atoms with Crippen molar-refractivity contribution < 1.29 is 109 Å². The molecule has 0 amide bonds. The van der Waals surface area contributed by atoms with Crippen LogP contribution in [-0.2, 0) is 109 Å². The van der Waals surface area contributed by atoms with Gasteiger partial charge in [0.25, 0.3) is 0 Å². The lowest BCUT2D eigenvalue weighted by molar-refractivity contribution is -0.144. The normalized spacial score (nSPS) is 22.8. The lowest BCUT2D eigenvalue weighted by atomic mass is 10.1. The minimum atomic E-state index is -4.00. The summed E-state index contributed by atoms with van der Waals surface area (Å²) in [6.07, 6.45) is 74.9. The van der Waals surface area contributed by atoms with Crippen LogP contribution in [-0.4, -0.2) is 169 Å². The van der Waals surface area contributed by atoms with E-state index in [1.54, 1.807) is 0 Å². The smallest absolute Gasteiger partial charge is 0.349 e. The Morgan fingerprint density at radius 2 is 0.250 bits per heavy atom. The SMILES string of the molecule is CCOC(=O)CCCCCCCCC=C[Si]12C[Si]3(C=CCCCCCCCCC(=O)OCC)O[Si]4(C=CCCCCCCCCC(=O)OCC)C[Si]5(C=CCCCCCCCCC(=O)OCC)O[Si](C=CCCCCCCCCC(=O)OCC)(C[Si](C=CCCCCCCCCC(=O)OCC)(O1)O4)O[Si](C=CCCCCCCCCC(=O)OCC)(C[Si](C=CCCCCCCCCC(=O)OCC)(O3)O5)O2. The molecule has 6 aliphatic rings. The molecule has 0 saturated carbocycles. The Hall–Kier alpha value is -4.90. The second kappa shape index (κ2) is 77.5. The monoisotopic (exact) mass is 2100 g/mol. The molecule has 6 aliphatic heterocycles. The summed E-state index contributed by atoms with van der Waals surface area (Å²) in [5.74, 6) is -1.09. The molecule has 8 bridgehead atoms. The first kappa shape index (κ1) is 126. The first-order valence-electron chi connectivity index (χ1n) is 56.4. The van der Waals surface area contributed by atoms with Crippen LogP contribution >= 0.6 is 0 Å². The van der Waals surface area contributed by atoms with Crippen molar-refractivity contribution in [3.63, 3.8) is 0 Å². The van der Waals surface area contributed by atoms with Crippen LogP contribution in [0, 0.1) is 0 Å². The van der Waals surface area contributed by atoms with Crippen LogP contribution < -0.4 is 0 Å². The van der Waals surface area contributed by atoms with Crippen molar-refractivity contribution in [1.82, 2.24) is 0 Å². The number of carbonyl (C=O) groups is 8. The summed E-state index contributed by atoms with van der Waals surface area (Å²) in [6.45, 7) is 17.9. The third-order valence-electron chi connectivity index (χ3n) is 26.2. The van der Waals surface area contributed by atoms with Crippen LogP contribution in [0.2, 0.25) is 22.7 Å². The predicted octanol–water partition coefficient (Wildman–Crippen LogP) is 28.1. The van der Waals surface area contributed by atoms with Crippen LogP contribution in [0.1, 0.15) is 466 Å². The molecule has 140 heavy (non-hydrogen) atoms. The van der Waals surface area contributed by atoms with Crippen LogP contribution in [0.25, 0.3) is 0 Å². The maximum Gasteiger partial charge on any atom is 0.349 e. The summed E-state index contributed by atoms with van der Waals surface area (Å²) in [6, 6.07) is 0. The number of esters is 8. The second-order valence-corrected chi connectivity index (χ2v) is 66.8. The molecular weight excluding hydrogens is 1910 g/mol. The Bertz CT molecular complexity index is 2880. The van der Waals surface area contributed by atoms with Gasteiger partial charge in [-0.15, -0.1) is 0 Å². The van der Waals surface area contributed by atoms with Gasteiger partial charge in [0.2, 0.25) is 0 Å². The predicted molar refractivity (Wildman–Crippen MR) is 576 cm³/mol. The number of ether oxygens (including phenoxy) is 8. The van der Waals surface area contributed by atoms with E-state index >= 15 is 0 Å². The highest BCUT2D eigenvalue weighted by Crippen LogP contribution is 2.55. The zero-order chi connectivity index (χ0) is 101. The van der Waals surface area contributed by atoms with Gasteiger partial charge in [-0.2, -0.15) is 0 Å². The van der Waals surface area contributed by atoms with E-state index in [0.29, 0.717) is 127 Å². The quantitative estimate of drug-likeness (QED) is 0.0237. The second-order valence-electron chi connectivity index (χ2n) is 39.0. The largest absolute Gasteiger partial charge is 0.466 e. The van der Waals surface area contributed by atoms with Crippen molar-refractivity contribution in [2.45, 2.75) is 489 Å². The molecule has 6 rings (SSSR count). The van der Waals surface area contributed by atoms with Gasteiger partial charge in [0.15, 0.2) is 0 Å². The van der Waals surface area contributed by atoms with E-state index in [-0.39, 0.29) is 47.8 Å². The van der Waals surface area contributed by atoms with Gasteiger partial charge in [0.1, 0.15) is 0 Å². The number of carbonyl (C=O) groups excluding carboxylic acids is 8. The maximum absolute atomic E-state index is 12.4. The van der Waals surface area contributed by atoms with Crippen LogP contribution in [0.5, 0.6) is 0 Å². The van der Waals surface area contributed by atoms with Gasteiger partial charge in [-0.25, -0.2) is 0 Å². The molecule has 32 heteroatoms. The van der Waals surface area contributed by atoms with E-state index in [9.17, 15) is 38.4 Å². The van der Waals surface area contributed by atoms with Gasteiger partial charge in [-0.05, 0) is 255 Å². The molecule has 0 unspecified atom stereocenters. The molecule has 0 N–H and O–H groups in total. The van der Waals surface area contributed by atoms with E-state index in [0.717, 1.165) is 360 Å². The number of unbranched alkanes of at least 4 members (excludes halogenated alkanes) is 48. The summed E-state index contributed by atoms with van der Waals surface area (Å²) < 4.78 is 113. The summed E-state index contributed by atoms with van der Waals surface area (Å²) in [5.41, 5.74) is 20.6. The molecule has 6 fully saturated rings. The van der Waals surface area contributed by atoms with E-state index < -0.39 is 68.5 Å². The Labute approximate surface area is 855 Å². The van der Waals surface area contributed by atoms with Crippen molar-refractivity contribution in [3.05, 3.63) is 94.2 Å². The third-order valence-corrected chi connectivity index (χ3v) is 70.0. The van der Waals surface area contributed by atoms with E-state index in [1.807, 2.05) is 55.4 Å². The molecule has 24 nitrogen and oxygen atoms in total. The van der Waals surface area contributed by atoms with Gasteiger partial charge in [-0.3, -0.25) is 38.4 Å². The van der Waals surface area contributed by atoms with Gasteiger partial charge in [-0.1, -0.05) is 254 Å². The molecule has 0 spiro atoms. The van der Waals surface area contributed by atoms with Crippen molar-refractivity contribution in [2.75, 3.05) is 52.9 Å². The standard InChI is InChI=1S/C108H192O24Si8/c1-9-117-101(109)81-65-49-33-17-25-41-57-73-89-133-97-134(90-74-58-42-26-18-34-50-66-82-102(110)118-10-2)126-137(93-77-61-45-29-21-37-53-69-85-105(113)121-13-5)98-135(125-133,91-75-59-43-27-19-35-51-67-83-103(111)119-11-3)131-138(94-78-62-46-30-22-38-54-70-86-106(114)122-14-6)99-136(129-133,92-76-60-44-28-20-36-52-68-84-104(112)120-12-4)127-139(130-134,95-79-63-47-31-23-39-55-71-87-107(115)123-15-7)100-140(128-138,132-137)96-80-64-48-32-24-40-56-72-88-108(116)124-16-8/h73-80,89-96H,9-72,81-88,97-100H2,1-8H3. The van der Waals surface area contributed by atoms with Gasteiger partial charge in [0.05, 0.1) is 52.9 Å². The molecule has 0 aromatic carbocycles. The highest BCUT2D eigenvalue weighted by Gasteiger charge is 2.77. The Morgan fingerprint density at radius 1 is 0.157 bits per heavy atom. The fourth-order valence-electron chi connectivity index (χ4n) is 19.4. The fraction of sp³-hybridized carbons (Fsp3) is 0.778. The molecule has 0 aromatic heterocycles. The van der Waals surface area contributed by atoms with E-state index in [4.69, 9.17) is 70.8 Å². The first-order valence-corrected chi connectivity index (χ1v) is 73.2. The molecule has 6 heterocycles. The Morgan fingerprint density at radius 3 is 0.350 bits per heavy atom. The van der Waals surface area contributed by atoms with Crippen molar-refractivity contribution in [1.29, 1.82) is 0 Å². The lowest BCUT2D eigenvalue weighted by Crippen LogP contribution is -2.84. The van der Waals surface area contributed by atoms with Crippen molar-refractivity contribution in [3.8, 4) is 0 Å².